The molecule has 1 unspecified atom stereocenters. The van der Waals surface area contributed by atoms with Crippen molar-refractivity contribution in [1.29, 1.82) is 0 Å². The lowest BCUT2D eigenvalue weighted by Gasteiger charge is -2.17. The Bertz CT molecular complexity index is 615. The van der Waals surface area contributed by atoms with Crippen molar-refractivity contribution < 1.29 is 9.13 Å². The second-order valence-electron chi connectivity index (χ2n) is 4.73. The first-order valence-electron chi connectivity index (χ1n) is 6.42. The van der Waals surface area contributed by atoms with Gasteiger partial charge in [-0.25, -0.2) is 4.39 Å². The summed E-state index contributed by atoms with van der Waals surface area (Å²) in [5, 5.41) is 3.10. The SMILES string of the molecule is CNC(C)c1cc(F)ccc1Oc1ccc(C)cc1Br. The van der Waals surface area contributed by atoms with E-state index in [1.807, 2.05) is 39.1 Å². The Morgan fingerprint density at radius 3 is 2.50 bits per heavy atom. The van der Waals surface area contributed by atoms with Gasteiger partial charge >= 0.3 is 0 Å². The molecule has 2 aromatic carbocycles. The first kappa shape index (κ1) is 15.0. The normalized spacial score (nSPS) is 12.2. The lowest BCUT2D eigenvalue weighted by atomic mass is 10.1. The van der Waals surface area contributed by atoms with Crippen molar-refractivity contribution in [2.45, 2.75) is 19.9 Å². The molecule has 106 valence electrons. The minimum absolute atomic E-state index is 0.00456. The Hall–Kier alpha value is -1.39. The van der Waals surface area contributed by atoms with Gasteiger partial charge in [0.1, 0.15) is 17.3 Å². The van der Waals surface area contributed by atoms with E-state index in [0.717, 1.165) is 15.6 Å². The second kappa shape index (κ2) is 6.37. The van der Waals surface area contributed by atoms with Gasteiger partial charge in [-0.3, -0.25) is 0 Å². The molecule has 1 atom stereocenters. The number of halogens is 2. The van der Waals surface area contributed by atoms with Crippen LogP contribution in [0.15, 0.2) is 40.9 Å². The predicted octanol–water partition coefficient (Wildman–Crippen LogP) is 4.97. The summed E-state index contributed by atoms with van der Waals surface area (Å²) in [4.78, 5) is 0. The van der Waals surface area contributed by atoms with Gasteiger partial charge in [0, 0.05) is 11.6 Å². The molecule has 0 aliphatic rings. The molecule has 0 saturated carbocycles. The summed E-state index contributed by atoms with van der Waals surface area (Å²) in [6, 6.07) is 10.4. The smallest absolute Gasteiger partial charge is 0.141 e. The van der Waals surface area contributed by atoms with Crippen molar-refractivity contribution >= 4 is 15.9 Å². The van der Waals surface area contributed by atoms with Crippen molar-refractivity contribution in [2.24, 2.45) is 0 Å². The minimum atomic E-state index is -0.266. The van der Waals surface area contributed by atoms with Gasteiger partial charge in [-0.05, 0) is 72.7 Å². The van der Waals surface area contributed by atoms with E-state index in [1.54, 1.807) is 6.07 Å². The zero-order valence-electron chi connectivity index (χ0n) is 11.7. The van der Waals surface area contributed by atoms with Gasteiger partial charge in [0.05, 0.1) is 4.47 Å². The number of benzene rings is 2. The molecule has 0 bridgehead atoms. The molecule has 0 spiro atoms. The Kier molecular flexibility index (Phi) is 4.78. The zero-order valence-corrected chi connectivity index (χ0v) is 13.3. The molecule has 0 saturated heterocycles. The molecule has 20 heavy (non-hydrogen) atoms. The summed E-state index contributed by atoms with van der Waals surface area (Å²) in [6.07, 6.45) is 0. The fourth-order valence-corrected chi connectivity index (χ4v) is 2.49. The fourth-order valence-electron chi connectivity index (χ4n) is 1.91. The van der Waals surface area contributed by atoms with Crippen LogP contribution in [0.25, 0.3) is 0 Å². The molecular weight excluding hydrogens is 321 g/mol. The molecule has 4 heteroatoms. The monoisotopic (exact) mass is 337 g/mol. The summed E-state index contributed by atoms with van der Waals surface area (Å²) in [5.41, 5.74) is 1.94. The van der Waals surface area contributed by atoms with E-state index in [2.05, 4.69) is 21.2 Å². The van der Waals surface area contributed by atoms with Gasteiger partial charge in [-0.2, -0.15) is 0 Å². The van der Waals surface area contributed by atoms with E-state index in [1.165, 1.54) is 12.1 Å². The summed E-state index contributed by atoms with van der Waals surface area (Å²) >= 11 is 3.48. The molecule has 0 aromatic heterocycles. The Labute approximate surface area is 127 Å². The van der Waals surface area contributed by atoms with Crippen LogP contribution >= 0.6 is 15.9 Å². The fraction of sp³-hybridized carbons (Fsp3) is 0.250. The highest BCUT2D eigenvalue weighted by Gasteiger charge is 2.13. The molecule has 2 nitrogen and oxygen atoms in total. The molecule has 0 aliphatic heterocycles. The van der Waals surface area contributed by atoms with Crippen LogP contribution < -0.4 is 10.1 Å². The highest BCUT2D eigenvalue weighted by Crippen LogP contribution is 2.34. The largest absolute Gasteiger partial charge is 0.456 e. The van der Waals surface area contributed by atoms with Crippen LogP contribution in [0.2, 0.25) is 0 Å². The third-order valence-electron chi connectivity index (χ3n) is 3.18. The molecule has 2 aromatic rings. The number of aryl methyl sites for hydroxylation is 1. The van der Waals surface area contributed by atoms with Gasteiger partial charge in [0.25, 0.3) is 0 Å². The van der Waals surface area contributed by atoms with Crippen LogP contribution in [0.4, 0.5) is 4.39 Å². The summed E-state index contributed by atoms with van der Waals surface area (Å²) < 4.78 is 20.2. The van der Waals surface area contributed by atoms with Gasteiger partial charge in [-0.15, -0.1) is 0 Å². The first-order valence-corrected chi connectivity index (χ1v) is 7.21. The summed E-state index contributed by atoms with van der Waals surface area (Å²) in [5.74, 6) is 1.10. The van der Waals surface area contributed by atoms with Gasteiger partial charge in [-0.1, -0.05) is 6.07 Å². The van der Waals surface area contributed by atoms with E-state index in [0.29, 0.717) is 11.5 Å². The number of nitrogens with one attached hydrogen (secondary N) is 1. The lowest BCUT2D eigenvalue weighted by Crippen LogP contribution is -2.13. The molecule has 0 aliphatic carbocycles. The average molecular weight is 338 g/mol. The van der Waals surface area contributed by atoms with Crippen molar-refractivity contribution in [1.82, 2.24) is 5.32 Å². The molecule has 0 amide bonds. The van der Waals surface area contributed by atoms with Crippen LogP contribution in [0.5, 0.6) is 11.5 Å². The predicted molar refractivity (Wildman–Crippen MR) is 82.8 cm³/mol. The number of rotatable bonds is 4. The molecule has 2 rings (SSSR count). The Morgan fingerprint density at radius 2 is 1.85 bits per heavy atom. The van der Waals surface area contributed by atoms with Gasteiger partial charge in [0.15, 0.2) is 0 Å². The maximum Gasteiger partial charge on any atom is 0.141 e. The van der Waals surface area contributed by atoms with Gasteiger partial charge in [0.2, 0.25) is 0 Å². The second-order valence-corrected chi connectivity index (χ2v) is 5.58. The van der Waals surface area contributed by atoms with Crippen molar-refractivity contribution in [2.75, 3.05) is 7.05 Å². The van der Waals surface area contributed by atoms with Crippen LogP contribution in [-0.2, 0) is 0 Å². The first-order chi connectivity index (χ1) is 9.51. The quantitative estimate of drug-likeness (QED) is 0.850. The van der Waals surface area contributed by atoms with Crippen molar-refractivity contribution in [3.63, 3.8) is 0 Å². The minimum Gasteiger partial charge on any atom is -0.456 e. The maximum absolute atomic E-state index is 13.4. The van der Waals surface area contributed by atoms with Gasteiger partial charge < -0.3 is 10.1 Å². The topological polar surface area (TPSA) is 21.3 Å². The summed E-state index contributed by atoms with van der Waals surface area (Å²) in [7, 11) is 1.83. The highest BCUT2D eigenvalue weighted by molar-refractivity contribution is 9.10. The van der Waals surface area contributed by atoms with Crippen LogP contribution in [0.3, 0.4) is 0 Å². The third-order valence-corrected chi connectivity index (χ3v) is 3.80. The standard InChI is InChI=1S/C16H17BrFNO/c1-10-4-6-16(14(17)8-10)20-15-7-5-12(18)9-13(15)11(2)19-3/h4-9,11,19H,1-3H3. The zero-order chi connectivity index (χ0) is 14.7. The molecule has 1 N–H and O–H groups in total. The van der Waals surface area contributed by atoms with Crippen LogP contribution in [-0.4, -0.2) is 7.05 Å². The van der Waals surface area contributed by atoms with E-state index in [9.17, 15) is 4.39 Å². The van der Waals surface area contributed by atoms with Crippen molar-refractivity contribution in [3.05, 3.63) is 57.8 Å². The van der Waals surface area contributed by atoms with E-state index in [4.69, 9.17) is 4.74 Å². The van der Waals surface area contributed by atoms with E-state index >= 15 is 0 Å². The maximum atomic E-state index is 13.4. The lowest BCUT2D eigenvalue weighted by molar-refractivity contribution is 0.460. The van der Waals surface area contributed by atoms with E-state index < -0.39 is 0 Å². The average Bonchev–Trinajstić information content (AvgIpc) is 2.42. The van der Waals surface area contributed by atoms with Crippen LogP contribution in [0.1, 0.15) is 24.1 Å². The molecule has 0 heterocycles. The van der Waals surface area contributed by atoms with Crippen molar-refractivity contribution in [3.8, 4) is 11.5 Å². The summed E-state index contributed by atoms with van der Waals surface area (Å²) in [6.45, 7) is 3.98. The highest BCUT2D eigenvalue weighted by atomic mass is 79.9. The number of hydrogen-bond acceptors (Lipinski definition) is 2. The Balaban J connectivity index is 2.37. The molecule has 0 fully saturated rings. The van der Waals surface area contributed by atoms with Crippen LogP contribution in [0, 0.1) is 12.7 Å². The molecule has 0 radical (unpaired) electrons. The Morgan fingerprint density at radius 1 is 1.15 bits per heavy atom. The molecular formula is C16H17BrFNO. The number of ether oxygens (including phenoxy) is 1. The third kappa shape index (κ3) is 3.38. The van der Waals surface area contributed by atoms with E-state index in [-0.39, 0.29) is 11.9 Å². The number of hydrogen-bond donors (Lipinski definition) is 1.